The van der Waals surface area contributed by atoms with Crippen LogP contribution in [0.4, 0.5) is 0 Å². The zero-order valence-electron chi connectivity index (χ0n) is 39.3. The summed E-state index contributed by atoms with van der Waals surface area (Å²) in [7, 11) is -3.98. The molecular formula is C62H70Br2P2. The van der Waals surface area contributed by atoms with Crippen LogP contribution >= 0.6 is 14.5 Å². The van der Waals surface area contributed by atoms with Crippen molar-refractivity contribution in [2.45, 2.75) is 90.9 Å². The molecular weight excluding hydrogens is 966 g/mol. The Morgan fingerprint density at radius 3 is 0.803 bits per heavy atom. The Kier molecular flexibility index (Phi) is 22.6. The fourth-order valence-corrected chi connectivity index (χ4v) is 17.6. The lowest BCUT2D eigenvalue weighted by molar-refractivity contribution is -0.001000. The standard InChI is InChI=1S/C62H70P2.2BrH/c1-3-5-7-9-17-33-53-51-56(36-32-50-64(60-43-25-14-26-44-60,61-45-27-15-28-46-61)62-47-29-16-30-48-62)54(34-18-10-8-6-4-2)52-55(53)35-31-49-63(57-37-19-11-20-38-57,58-39-21-12-22-40-58)59-41-23-13-24-42-59;;/h11-16,19-32,35-48,51-52H,3-10,17-18,33-34,49-50H2,1-2H3;2*1H/q+2;;/p-2. The van der Waals surface area contributed by atoms with E-state index in [1.165, 1.54) is 118 Å². The van der Waals surface area contributed by atoms with Crippen LogP contribution in [0.15, 0.2) is 206 Å². The topological polar surface area (TPSA) is 0 Å². The van der Waals surface area contributed by atoms with Crippen LogP contribution in [0, 0.1) is 0 Å². The number of hydrogen-bond acceptors (Lipinski definition) is 0. The zero-order valence-corrected chi connectivity index (χ0v) is 44.3. The summed E-state index contributed by atoms with van der Waals surface area (Å²) in [6.45, 7) is 4.63. The maximum atomic E-state index is 2.60. The van der Waals surface area contributed by atoms with Crippen molar-refractivity contribution in [1.29, 1.82) is 0 Å². The molecule has 0 amide bonds. The second-order valence-electron chi connectivity index (χ2n) is 17.4. The second-order valence-corrected chi connectivity index (χ2v) is 24.4. The molecule has 7 rings (SSSR count). The van der Waals surface area contributed by atoms with Crippen LogP contribution in [-0.2, 0) is 12.8 Å². The molecule has 0 N–H and O–H groups in total. The Morgan fingerprint density at radius 2 is 0.561 bits per heavy atom. The maximum absolute atomic E-state index is 2.60. The lowest BCUT2D eigenvalue weighted by Gasteiger charge is -2.26. The molecule has 7 aromatic carbocycles. The molecule has 0 saturated heterocycles. The molecule has 342 valence electrons. The monoisotopic (exact) mass is 1030 g/mol. The Hall–Kier alpha value is -4.16. The third kappa shape index (κ3) is 13.5. The minimum absolute atomic E-state index is 0. The number of unbranched alkanes of at least 4 members (excludes halogenated alkanes) is 8. The van der Waals surface area contributed by atoms with Crippen molar-refractivity contribution in [2.75, 3.05) is 12.3 Å². The molecule has 66 heavy (non-hydrogen) atoms. The highest BCUT2D eigenvalue weighted by molar-refractivity contribution is 7.96. The van der Waals surface area contributed by atoms with E-state index < -0.39 is 14.5 Å². The highest BCUT2D eigenvalue weighted by atomic mass is 79.9. The molecule has 7 aromatic rings. The van der Waals surface area contributed by atoms with Gasteiger partial charge in [0.15, 0.2) is 0 Å². The fourth-order valence-electron chi connectivity index (χ4n) is 9.61. The predicted octanol–water partition coefficient (Wildman–Crippen LogP) is 8.74. The third-order valence-corrected chi connectivity index (χ3v) is 21.6. The van der Waals surface area contributed by atoms with Crippen LogP contribution in [0.1, 0.15) is 100 Å². The third-order valence-electron chi connectivity index (χ3n) is 13.0. The summed E-state index contributed by atoms with van der Waals surface area (Å²) >= 11 is 0. The van der Waals surface area contributed by atoms with Gasteiger partial charge in [-0.15, -0.1) is 0 Å². The van der Waals surface area contributed by atoms with Gasteiger partial charge in [-0.3, -0.25) is 0 Å². The van der Waals surface area contributed by atoms with Crippen molar-refractivity contribution in [3.63, 3.8) is 0 Å². The van der Waals surface area contributed by atoms with Crippen LogP contribution in [0.3, 0.4) is 0 Å². The zero-order chi connectivity index (χ0) is 44.1. The first kappa shape index (κ1) is 52.8. The SMILES string of the molecule is CCCCCCCc1cc(C=CC[P+](c2ccccc2)(c2ccccc2)c2ccccc2)c(CCCCCCC)cc1C=CC[P+](c1ccccc1)(c1ccccc1)c1ccccc1.[Br-].[Br-]. The van der Waals surface area contributed by atoms with E-state index in [-0.39, 0.29) is 34.0 Å². The molecule has 0 heterocycles. The summed E-state index contributed by atoms with van der Waals surface area (Å²) in [6.07, 6.45) is 27.0. The van der Waals surface area contributed by atoms with E-state index in [1.807, 2.05) is 0 Å². The van der Waals surface area contributed by atoms with E-state index in [9.17, 15) is 0 Å². The summed E-state index contributed by atoms with van der Waals surface area (Å²) in [5, 5.41) is 8.59. The van der Waals surface area contributed by atoms with Crippen LogP contribution < -0.4 is 65.8 Å². The van der Waals surface area contributed by atoms with Gasteiger partial charge in [-0.25, -0.2) is 0 Å². The van der Waals surface area contributed by atoms with Gasteiger partial charge in [0.05, 0.1) is 12.3 Å². The molecule has 0 aliphatic heterocycles. The average molecular weight is 1040 g/mol. The molecule has 0 radical (unpaired) electrons. The van der Waals surface area contributed by atoms with E-state index in [1.54, 1.807) is 0 Å². The predicted molar refractivity (Wildman–Crippen MR) is 289 cm³/mol. The summed E-state index contributed by atoms with van der Waals surface area (Å²) < 4.78 is 0. The van der Waals surface area contributed by atoms with Gasteiger partial charge < -0.3 is 34.0 Å². The van der Waals surface area contributed by atoms with Gasteiger partial charge in [-0.2, -0.15) is 0 Å². The Bertz CT molecular complexity index is 2080. The lowest BCUT2D eigenvalue weighted by Crippen LogP contribution is -3.00. The first-order valence-electron chi connectivity index (χ1n) is 24.3. The van der Waals surface area contributed by atoms with Crippen molar-refractivity contribution in [1.82, 2.24) is 0 Å². The van der Waals surface area contributed by atoms with Crippen LogP contribution in [-0.4, -0.2) is 12.3 Å². The summed E-state index contributed by atoms with van der Waals surface area (Å²) in [5.74, 6) is 0. The van der Waals surface area contributed by atoms with Gasteiger partial charge in [0.25, 0.3) is 0 Å². The highest BCUT2D eigenvalue weighted by Gasteiger charge is 2.45. The van der Waals surface area contributed by atoms with Gasteiger partial charge in [0.1, 0.15) is 46.4 Å². The highest BCUT2D eigenvalue weighted by Crippen LogP contribution is 2.56. The molecule has 0 aliphatic carbocycles. The van der Waals surface area contributed by atoms with Crippen molar-refractivity contribution >= 4 is 58.5 Å². The molecule has 0 spiro atoms. The van der Waals surface area contributed by atoms with Crippen molar-refractivity contribution in [3.05, 3.63) is 229 Å². The minimum Gasteiger partial charge on any atom is -1.00 e. The Labute approximate surface area is 421 Å². The van der Waals surface area contributed by atoms with Crippen LogP contribution in [0.5, 0.6) is 0 Å². The lowest BCUT2D eigenvalue weighted by atomic mass is 9.91. The van der Waals surface area contributed by atoms with Crippen LogP contribution in [0.25, 0.3) is 12.2 Å². The minimum atomic E-state index is -1.99. The van der Waals surface area contributed by atoms with E-state index in [2.05, 4.69) is 232 Å². The van der Waals surface area contributed by atoms with Crippen LogP contribution in [0.2, 0.25) is 0 Å². The van der Waals surface area contributed by atoms with Crippen molar-refractivity contribution in [3.8, 4) is 0 Å². The first-order chi connectivity index (χ1) is 31.7. The number of halogens is 2. The summed E-state index contributed by atoms with van der Waals surface area (Å²) in [5.41, 5.74) is 5.78. The largest absolute Gasteiger partial charge is 1.00 e. The molecule has 0 unspecified atom stereocenters. The average Bonchev–Trinajstić information content (AvgIpc) is 3.36. The molecule has 0 fully saturated rings. The fraction of sp³-hybridized carbons (Fsp3) is 0.258. The molecule has 0 aromatic heterocycles. The van der Waals surface area contributed by atoms with Crippen molar-refractivity contribution in [2.24, 2.45) is 0 Å². The van der Waals surface area contributed by atoms with E-state index in [0.29, 0.717) is 0 Å². The maximum Gasteiger partial charge on any atom is 0.115 e. The smallest absolute Gasteiger partial charge is 0.115 e. The number of hydrogen-bond donors (Lipinski definition) is 0. The van der Waals surface area contributed by atoms with E-state index >= 15 is 0 Å². The number of allylic oxidation sites excluding steroid dienone is 2. The number of rotatable bonds is 24. The normalized spacial score (nSPS) is 11.7. The number of benzene rings is 7. The van der Waals surface area contributed by atoms with Gasteiger partial charge in [0, 0.05) is 0 Å². The van der Waals surface area contributed by atoms with Gasteiger partial charge >= 0.3 is 0 Å². The Balaban J connectivity index is 0.00000408. The van der Waals surface area contributed by atoms with E-state index in [4.69, 9.17) is 0 Å². The number of aryl methyl sites for hydroxylation is 2. The van der Waals surface area contributed by atoms with E-state index in [0.717, 1.165) is 25.2 Å². The first-order valence-corrected chi connectivity index (χ1v) is 28.2. The summed E-state index contributed by atoms with van der Waals surface area (Å²) in [6, 6.07) is 73.2. The molecule has 0 aliphatic rings. The van der Waals surface area contributed by atoms with Gasteiger partial charge in [0.2, 0.25) is 0 Å². The summed E-state index contributed by atoms with van der Waals surface area (Å²) in [4.78, 5) is 0. The Morgan fingerprint density at radius 1 is 0.318 bits per heavy atom. The molecule has 0 saturated carbocycles. The van der Waals surface area contributed by atoms with Crippen molar-refractivity contribution < 1.29 is 34.0 Å². The molecule has 0 bridgehead atoms. The molecule has 0 atom stereocenters. The van der Waals surface area contributed by atoms with Gasteiger partial charge in [-0.1, -0.05) is 199 Å². The quantitative estimate of drug-likeness (QED) is 0.0420. The molecule has 4 heteroatoms. The van der Waals surface area contributed by atoms with Gasteiger partial charge in [-0.05, 0) is 133 Å². The second kappa shape index (κ2) is 28.2. The molecule has 0 nitrogen and oxygen atoms in total.